The van der Waals surface area contributed by atoms with E-state index >= 15 is 0 Å². The quantitative estimate of drug-likeness (QED) is 0.0265. The monoisotopic (exact) mass is 628 g/mol. The van der Waals surface area contributed by atoms with Crippen LogP contribution in [0.15, 0.2) is 9.98 Å². The number of nitrogens with zero attached hydrogens (tertiary/aromatic N) is 2. The van der Waals surface area contributed by atoms with Crippen molar-refractivity contribution in [2.24, 2.45) is 15.7 Å². The molecule has 0 saturated carbocycles. The highest BCUT2D eigenvalue weighted by atomic mass is 16.5. The Balaban J connectivity index is 3.75. The van der Waals surface area contributed by atoms with E-state index in [9.17, 15) is 29.5 Å². The van der Waals surface area contributed by atoms with Gasteiger partial charge in [0.1, 0.15) is 6.04 Å². The van der Waals surface area contributed by atoms with E-state index in [-0.39, 0.29) is 38.2 Å². The SMILES string of the molecule is NCCCCCCCCCCN=CCC=NCCOCCC(=O)NCCCC[C@H](NC(=O)N[C@@H](CCC(=O)O)N[O-])C(=O)O. The van der Waals surface area contributed by atoms with Crippen LogP contribution in [0.3, 0.4) is 0 Å². The van der Waals surface area contributed by atoms with Gasteiger partial charge in [-0.25, -0.2) is 9.59 Å². The van der Waals surface area contributed by atoms with Crippen molar-refractivity contribution < 1.29 is 34.1 Å². The molecule has 0 aliphatic rings. The second-order valence-electron chi connectivity index (χ2n) is 10.3. The van der Waals surface area contributed by atoms with E-state index in [0.29, 0.717) is 39.0 Å². The Morgan fingerprint density at radius 2 is 1.45 bits per heavy atom. The Hall–Kier alpha value is -3.14. The molecular formula is C29H54N7O8-. The number of hydroxylamine groups is 1. The summed E-state index contributed by atoms with van der Waals surface area (Å²) in [6.45, 7) is 3.18. The zero-order valence-corrected chi connectivity index (χ0v) is 26.0. The second kappa shape index (κ2) is 29.9. The predicted molar refractivity (Wildman–Crippen MR) is 170 cm³/mol. The number of hydrogen-bond donors (Lipinski definition) is 7. The van der Waals surface area contributed by atoms with Crippen LogP contribution >= 0.6 is 0 Å². The molecule has 2 atom stereocenters. The fraction of sp³-hybridized carbons (Fsp3) is 0.793. The molecule has 44 heavy (non-hydrogen) atoms. The average Bonchev–Trinajstić information content (AvgIpc) is 2.99. The summed E-state index contributed by atoms with van der Waals surface area (Å²) >= 11 is 0. The highest BCUT2D eigenvalue weighted by molar-refractivity contribution is 5.82. The third kappa shape index (κ3) is 27.7. The number of unbranched alkanes of at least 4 members (excludes halogenated alkanes) is 8. The Bertz CT molecular complexity index is 830. The molecule has 254 valence electrons. The van der Waals surface area contributed by atoms with E-state index in [0.717, 1.165) is 25.9 Å². The van der Waals surface area contributed by atoms with Crippen LogP contribution in [0.25, 0.3) is 0 Å². The van der Waals surface area contributed by atoms with E-state index < -0.39 is 30.2 Å². The van der Waals surface area contributed by atoms with Crippen LogP contribution in [-0.2, 0) is 19.1 Å². The first-order valence-corrected chi connectivity index (χ1v) is 15.7. The summed E-state index contributed by atoms with van der Waals surface area (Å²) in [7, 11) is 0. The van der Waals surface area contributed by atoms with E-state index in [1.54, 1.807) is 6.21 Å². The number of aliphatic imine (C=N–C) groups is 2. The molecule has 0 spiro atoms. The Kier molecular flexibility index (Phi) is 27.8. The molecule has 0 bridgehead atoms. The number of carboxylic acid groups (broad SMARTS) is 2. The van der Waals surface area contributed by atoms with E-state index in [2.05, 4.69) is 25.9 Å². The number of carboxylic acids is 2. The van der Waals surface area contributed by atoms with Crippen LogP contribution in [0.4, 0.5) is 4.79 Å². The first-order valence-electron chi connectivity index (χ1n) is 15.7. The van der Waals surface area contributed by atoms with Gasteiger partial charge in [-0.05, 0) is 45.1 Å². The minimum atomic E-state index is -1.25. The number of amides is 3. The number of nitrogens with two attached hydrogens (primary N) is 1. The summed E-state index contributed by atoms with van der Waals surface area (Å²) in [5.41, 5.74) is 7.01. The second-order valence-corrected chi connectivity index (χ2v) is 10.3. The molecular weight excluding hydrogens is 574 g/mol. The lowest BCUT2D eigenvalue weighted by Crippen LogP contribution is -2.52. The normalized spacial score (nSPS) is 12.8. The lowest BCUT2D eigenvalue weighted by Gasteiger charge is -2.24. The minimum absolute atomic E-state index is 0.106. The fourth-order valence-electron chi connectivity index (χ4n) is 4.00. The van der Waals surface area contributed by atoms with Gasteiger partial charge in [-0.2, -0.15) is 0 Å². The molecule has 8 N–H and O–H groups in total. The van der Waals surface area contributed by atoms with Crippen molar-refractivity contribution in [3.63, 3.8) is 0 Å². The highest BCUT2D eigenvalue weighted by Crippen LogP contribution is 2.08. The van der Waals surface area contributed by atoms with E-state index in [1.807, 2.05) is 6.21 Å². The molecule has 0 rings (SSSR count). The van der Waals surface area contributed by atoms with Crippen molar-refractivity contribution >= 4 is 36.3 Å². The fourth-order valence-corrected chi connectivity index (χ4v) is 4.00. The van der Waals surface area contributed by atoms with Crippen LogP contribution in [0.1, 0.15) is 96.3 Å². The summed E-state index contributed by atoms with van der Waals surface area (Å²) in [5.74, 6) is -2.57. The molecule has 0 fully saturated rings. The van der Waals surface area contributed by atoms with Crippen LogP contribution in [0, 0.1) is 5.21 Å². The number of rotatable bonds is 30. The molecule has 0 saturated heterocycles. The van der Waals surface area contributed by atoms with Crippen LogP contribution < -0.4 is 27.2 Å². The van der Waals surface area contributed by atoms with Gasteiger partial charge in [-0.15, -0.1) is 0 Å². The third-order valence-electron chi connectivity index (χ3n) is 6.49. The number of hydrogen-bond acceptors (Lipinski definition) is 10. The Morgan fingerprint density at radius 1 is 0.795 bits per heavy atom. The van der Waals surface area contributed by atoms with Gasteiger partial charge < -0.3 is 47.3 Å². The molecule has 3 amide bonds. The molecule has 0 aromatic rings. The highest BCUT2D eigenvalue weighted by Gasteiger charge is 2.20. The van der Waals surface area contributed by atoms with Gasteiger partial charge in [0, 0.05) is 44.8 Å². The molecule has 0 aliphatic heterocycles. The van der Waals surface area contributed by atoms with Crippen LogP contribution in [-0.4, -0.2) is 98.1 Å². The average molecular weight is 629 g/mol. The standard InChI is InChI=1S/C29H54N7O8/c30-16-8-5-3-1-2-4-6-9-17-31-18-11-19-32-21-23-44-22-15-26(37)33-20-10-7-12-24(28(40)41)34-29(42)35-25(36-43)13-14-27(38)39/h18-19,24-25,36H,1-17,20-23,30H2,(H,33,37)(H,38,39)(H,40,41)(H2,34,35,42)/q-1/t24-,25+/m0/s1. The summed E-state index contributed by atoms with van der Waals surface area (Å²) in [6, 6.07) is -2.11. The van der Waals surface area contributed by atoms with Gasteiger partial charge in [-0.1, -0.05) is 38.5 Å². The molecule has 15 heteroatoms. The summed E-state index contributed by atoms with van der Waals surface area (Å²) in [6.07, 6.45) is 13.8. The molecule has 0 aromatic carbocycles. The molecule has 0 aliphatic carbocycles. The summed E-state index contributed by atoms with van der Waals surface area (Å²) in [4.78, 5) is 54.6. The molecule has 15 nitrogen and oxygen atoms in total. The molecule has 0 heterocycles. The van der Waals surface area contributed by atoms with Crippen molar-refractivity contribution in [3.8, 4) is 0 Å². The van der Waals surface area contributed by atoms with Gasteiger partial charge in [0.25, 0.3) is 0 Å². The van der Waals surface area contributed by atoms with Gasteiger partial charge in [0.15, 0.2) is 0 Å². The Labute approximate surface area is 260 Å². The van der Waals surface area contributed by atoms with Gasteiger partial charge >= 0.3 is 18.0 Å². The zero-order chi connectivity index (χ0) is 32.7. The number of urea groups is 1. The number of nitrogens with one attached hydrogen (secondary N) is 4. The minimum Gasteiger partial charge on any atom is -0.786 e. The zero-order valence-electron chi connectivity index (χ0n) is 26.0. The lowest BCUT2D eigenvalue weighted by atomic mass is 10.1. The number of ether oxygens (including phenoxy) is 1. The van der Waals surface area contributed by atoms with Crippen LogP contribution in [0.5, 0.6) is 0 Å². The van der Waals surface area contributed by atoms with E-state index in [1.165, 1.54) is 44.0 Å². The molecule has 0 unspecified atom stereocenters. The number of aliphatic carboxylic acids is 2. The smallest absolute Gasteiger partial charge is 0.326 e. The number of carbonyl (C=O) groups excluding carboxylic acids is 2. The van der Waals surface area contributed by atoms with Gasteiger partial charge in [0.05, 0.1) is 25.9 Å². The van der Waals surface area contributed by atoms with Gasteiger partial charge in [-0.3, -0.25) is 19.6 Å². The summed E-state index contributed by atoms with van der Waals surface area (Å²) in [5, 5.41) is 36.0. The van der Waals surface area contributed by atoms with Crippen molar-refractivity contribution in [2.45, 2.75) is 109 Å². The van der Waals surface area contributed by atoms with Crippen LogP contribution in [0.2, 0.25) is 0 Å². The first kappa shape index (κ1) is 40.9. The van der Waals surface area contributed by atoms with Crippen molar-refractivity contribution in [1.29, 1.82) is 0 Å². The summed E-state index contributed by atoms with van der Waals surface area (Å²) < 4.78 is 5.43. The van der Waals surface area contributed by atoms with E-state index in [4.69, 9.17) is 15.6 Å². The molecule has 0 aromatic heterocycles. The molecule has 0 radical (unpaired) electrons. The van der Waals surface area contributed by atoms with Gasteiger partial charge in [0.2, 0.25) is 5.91 Å². The number of carbonyl (C=O) groups is 4. The maximum atomic E-state index is 12.0. The maximum Gasteiger partial charge on any atom is 0.326 e. The topological polar surface area (TPSA) is 240 Å². The van der Waals surface area contributed by atoms with Crippen molar-refractivity contribution in [3.05, 3.63) is 5.21 Å². The lowest BCUT2D eigenvalue weighted by molar-refractivity contribution is -0.139. The largest absolute Gasteiger partial charge is 0.786 e. The van der Waals surface area contributed by atoms with Crippen molar-refractivity contribution in [2.75, 3.05) is 39.4 Å². The predicted octanol–water partition coefficient (Wildman–Crippen LogP) is 2.32. The maximum absolute atomic E-state index is 12.0. The first-order chi connectivity index (χ1) is 21.3. The third-order valence-corrected chi connectivity index (χ3v) is 6.49. The van der Waals surface area contributed by atoms with Crippen molar-refractivity contribution in [1.82, 2.24) is 21.4 Å². The Morgan fingerprint density at radius 3 is 2.09 bits per heavy atom.